The lowest BCUT2D eigenvalue weighted by Gasteiger charge is -2.37. The molecule has 1 aromatic heterocycles. The average Bonchev–Trinajstić information content (AvgIpc) is 2.62. The number of carbonyl (C=O) groups is 2. The van der Waals surface area contributed by atoms with Gasteiger partial charge in [0.1, 0.15) is 0 Å². The van der Waals surface area contributed by atoms with Gasteiger partial charge in [0.05, 0.1) is 11.3 Å². The summed E-state index contributed by atoms with van der Waals surface area (Å²) in [7, 11) is 0. The van der Waals surface area contributed by atoms with Crippen molar-refractivity contribution in [2.24, 2.45) is 11.5 Å². The SMILES string of the molecule is NC(=O)c1ccc(N2CCN(c3ccncc3C(N)=O)CC2)cc1. The molecule has 4 N–H and O–H groups in total. The number of aromatic nitrogens is 1. The van der Waals surface area contributed by atoms with Gasteiger partial charge in [0, 0.05) is 49.8 Å². The summed E-state index contributed by atoms with van der Waals surface area (Å²) in [5.74, 6) is -0.898. The molecule has 0 spiro atoms. The maximum absolute atomic E-state index is 11.5. The fourth-order valence-corrected chi connectivity index (χ4v) is 2.89. The molecule has 0 unspecified atom stereocenters. The fraction of sp³-hybridized carbons (Fsp3) is 0.235. The molecule has 0 atom stereocenters. The zero-order chi connectivity index (χ0) is 17.1. The Balaban J connectivity index is 1.70. The molecule has 1 aromatic carbocycles. The van der Waals surface area contributed by atoms with Crippen LogP contribution >= 0.6 is 0 Å². The number of hydrogen-bond donors (Lipinski definition) is 2. The van der Waals surface area contributed by atoms with Gasteiger partial charge in [-0.2, -0.15) is 0 Å². The van der Waals surface area contributed by atoms with Gasteiger partial charge < -0.3 is 21.3 Å². The fourth-order valence-electron chi connectivity index (χ4n) is 2.89. The van der Waals surface area contributed by atoms with E-state index < -0.39 is 11.8 Å². The number of carbonyl (C=O) groups excluding carboxylic acids is 2. The Morgan fingerprint density at radius 2 is 1.50 bits per heavy atom. The molecule has 2 heterocycles. The van der Waals surface area contributed by atoms with E-state index in [9.17, 15) is 9.59 Å². The van der Waals surface area contributed by atoms with Gasteiger partial charge in [-0.05, 0) is 30.3 Å². The summed E-state index contributed by atoms with van der Waals surface area (Å²) in [5.41, 5.74) is 13.5. The molecule has 2 aromatic rings. The third kappa shape index (κ3) is 3.15. The van der Waals surface area contributed by atoms with E-state index in [1.807, 2.05) is 18.2 Å². The molecule has 0 saturated carbocycles. The zero-order valence-electron chi connectivity index (χ0n) is 13.2. The third-order valence-electron chi connectivity index (χ3n) is 4.20. The molecule has 124 valence electrons. The molecule has 0 bridgehead atoms. The molecule has 7 heteroatoms. The zero-order valence-corrected chi connectivity index (χ0v) is 13.2. The number of amides is 2. The van der Waals surface area contributed by atoms with Crippen molar-refractivity contribution in [2.75, 3.05) is 36.0 Å². The van der Waals surface area contributed by atoms with Gasteiger partial charge in [-0.1, -0.05) is 0 Å². The van der Waals surface area contributed by atoms with E-state index in [4.69, 9.17) is 11.5 Å². The lowest BCUT2D eigenvalue weighted by molar-refractivity contribution is 0.0992. The summed E-state index contributed by atoms with van der Waals surface area (Å²) in [6, 6.07) is 9.08. The van der Waals surface area contributed by atoms with Crippen molar-refractivity contribution in [1.82, 2.24) is 4.98 Å². The molecule has 7 nitrogen and oxygen atoms in total. The van der Waals surface area contributed by atoms with Crippen LogP contribution in [0.2, 0.25) is 0 Å². The van der Waals surface area contributed by atoms with E-state index in [0.29, 0.717) is 11.1 Å². The number of hydrogen-bond acceptors (Lipinski definition) is 5. The van der Waals surface area contributed by atoms with E-state index in [1.54, 1.807) is 18.3 Å². The highest BCUT2D eigenvalue weighted by Gasteiger charge is 2.21. The van der Waals surface area contributed by atoms with Crippen LogP contribution in [-0.2, 0) is 0 Å². The van der Waals surface area contributed by atoms with Crippen molar-refractivity contribution < 1.29 is 9.59 Å². The molecule has 1 aliphatic rings. The Kier molecular flexibility index (Phi) is 4.33. The van der Waals surface area contributed by atoms with Crippen LogP contribution in [-0.4, -0.2) is 43.0 Å². The first-order valence-electron chi connectivity index (χ1n) is 7.70. The standard InChI is InChI=1S/C17H19N5O2/c18-16(23)12-1-3-13(4-2-12)21-7-9-22(10-8-21)15-5-6-20-11-14(15)17(19)24/h1-6,11H,7-10H2,(H2,18,23)(H2,19,24). The molecule has 3 rings (SSSR count). The predicted octanol–water partition coefficient (Wildman–Crippen LogP) is 0.606. The van der Waals surface area contributed by atoms with E-state index in [1.165, 1.54) is 6.20 Å². The molecular weight excluding hydrogens is 306 g/mol. The number of piperazine rings is 1. The van der Waals surface area contributed by atoms with Crippen LogP contribution in [0.3, 0.4) is 0 Å². The van der Waals surface area contributed by atoms with Gasteiger partial charge in [0.2, 0.25) is 5.91 Å². The van der Waals surface area contributed by atoms with Gasteiger partial charge in [-0.3, -0.25) is 14.6 Å². The van der Waals surface area contributed by atoms with Gasteiger partial charge in [0.15, 0.2) is 0 Å². The number of rotatable bonds is 4. The van der Waals surface area contributed by atoms with Crippen LogP contribution in [0, 0.1) is 0 Å². The molecule has 0 aliphatic carbocycles. The Bertz CT molecular complexity index is 752. The van der Waals surface area contributed by atoms with E-state index in [-0.39, 0.29) is 0 Å². The number of pyridine rings is 1. The summed E-state index contributed by atoms with van der Waals surface area (Å²) in [6.07, 6.45) is 3.17. The summed E-state index contributed by atoms with van der Waals surface area (Å²) in [4.78, 5) is 31.0. The Hall–Kier alpha value is -3.09. The van der Waals surface area contributed by atoms with Crippen molar-refractivity contribution in [3.8, 4) is 0 Å². The van der Waals surface area contributed by atoms with Crippen molar-refractivity contribution in [2.45, 2.75) is 0 Å². The Morgan fingerprint density at radius 3 is 2.08 bits per heavy atom. The molecule has 1 fully saturated rings. The highest BCUT2D eigenvalue weighted by molar-refractivity contribution is 5.98. The summed E-state index contributed by atoms with van der Waals surface area (Å²) >= 11 is 0. The number of anilines is 2. The average molecular weight is 325 g/mol. The van der Waals surface area contributed by atoms with E-state index >= 15 is 0 Å². The highest BCUT2D eigenvalue weighted by atomic mass is 16.1. The first-order chi connectivity index (χ1) is 11.6. The second kappa shape index (κ2) is 6.57. The predicted molar refractivity (Wildman–Crippen MR) is 92.1 cm³/mol. The second-order valence-corrected chi connectivity index (χ2v) is 5.64. The van der Waals surface area contributed by atoms with Crippen LogP contribution in [0.4, 0.5) is 11.4 Å². The van der Waals surface area contributed by atoms with Gasteiger partial charge in [-0.25, -0.2) is 0 Å². The minimum Gasteiger partial charge on any atom is -0.368 e. The molecular formula is C17H19N5O2. The number of primary amides is 2. The smallest absolute Gasteiger partial charge is 0.252 e. The molecule has 24 heavy (non-hydrogen) atoms. The normalized spacial score (nSPS) is 14.5. The van der Waals surface area contributed by atoms with Crippen molar-refractivity contribution >= 4 is 23.2 Å². The van der Waals surface area contributed by atoms with E-state index in [2.05, 4.69) is 14.8 Å². The van der Waals surface area contributed by atoms with Gasteiger partial charge in [-0.15, -0.1) is 0 Å². The molecule has 1 saturated heterocycles. The first-order valence-corrected chi connectivity index (χ1v) is 7.70. The topological polar surface area (TPSA) is 106 Å². The first kappa shape index (κ1) is 15.8. The minimum atomic E-state index is -0.470. The molecule has 0 radical (unpaired) electrons. The monoisotopic (exact) mass is 325 g/mol. The largest absolute Gasteiger partial charge is 0.368 e. The van der Waals surface area contributed by atoms with Gasteiger partial charge in [0.25, 0.3) is 5.91 Å². The quantitative estimate of drug-likeness (QED) is 0.856. The third-order valence-corrected chi connectivity index (χ3v) is 4.20. The second-order valence-electron chi connectivity index (χ2n) is 5.64. The van der Waals surface area contributed by atoms with Crippen molar-refractivity contribution in [1.29, 1.82) is 0 Å². The van der Waals surface area contributed by atoms with E-state index in [0.717, 1.165) is 37.6 Å². The summed E-state index contributed by atoms with van der Waals surface area (Å²) in [5, 5.41) is 0. The highest BCUT2D eigenvalue weighted by Crippen LogP contribution is 2.23. The van der Waals surface area contributed by atoms with Crippen LogP contribution in [0.5, 0.6) is 0 Å². The lowest BCUT2D eigenvalue weighted by atomic mass is 10.1. The lowest BCUT2D eigenvalue weighted by Crippen LogP contribution is -2.47. The van der Waals surface area contributed by atoms with Crippen LogP contribution in [0.25, 0.3) is 0 Å². The van der Waals surface area contributed by atoms with Crippen molar-refractivity contribution in [3.05, 3.63) is 53.9 Å². The van der Waals surface area contributed by atoms with Gasteiger partial charge >= 0.3 is 0 Å². The summed E-state index contributed by atoms with van der Waals surface area (Å²) < 4.78 is 0. The Morgan fingerprint density at radius 1 is 0.875 bits per heavy atom. The van der Waals surface area contributed by atoms with Crippen molar-refractivity contribution in [3.63, 3.8) is 0 Å². The minimum absolute atomic E-state index is 0.428. The number of nitrogens with two attached hydrogens (primary N) is 2. The van der Waals surface area contributed by atoms with Crippen LogP contribution in [0.1, 0.15) is 20.7 Å². The van der Waals surface area contributed by atoms with Crippen LogP contribution < -0.4 is 21.3 Å². The molecule has 2 amide bonds. The maximum atomic E-state index is 11.5. The Labute approximate surface area is 139 Å². The number of benzene rings is 1. The number of nitrogens with zero attached hydrogens (tertiary/aromatic N) is 3. The van der Waals surface area contributed by atoms with Crippen LogP contribution in [0.15, 0.2) is 42.7 Å². The maximum Gasteiger partial charge on any atom is 0.252 e. The summed E-state index contributed by atoms with van der Waals surface area (Å²) in [6.45, 7) is 3.14. The molecule has 1 aliphatic heterocycles.